The molecule has 1 aliphatic heterocycles. The number of dihydropyridines is 1. The van der Waals surface area contributed by atoms with E-state index in [0.29, 0.717) is 16.9 Å². The molecule has 1 unspecified atom stereocenters. The molecule has 0 saturated carbocycles. The SMILES string of the molecule is COc1c(/C=C/C2C=C[C]=C(C(N)=O)N2)cc(-c2cc(F)c[nH]c2=O)cc1C(C)(C)C. The number of rotatable bonds is 5. The average Bonchev–Trinajstić information content (AvgIpc) is 2.72. The van der Waals surface area contributed by atoms with E-state index in [1.54, 1.807) is 19.3 Å². The van der Waals surface area contributed by atoms with Crippen LogP contribution in [0.2, 0.25) is 0 Å². The van der Waals surface area contributed by atoms with Gasteiger partial charge in [0.1, 0.15) is 17.3 Å². The Morgan fingerprint density at radius 1 is 1.29 bits per heavy atom. The summed E-state index contributed by atoms with van der Waals surface area (Å²) < 4.78 is 19.5. The summed E-state index contributed by atoms with van der Waals surface area (Å²) >= 11 is 0. The smallest absolute Gasteiger partial charge is 0.265 e. The van der Waals surface area contributed by atoms with Crippen molar-refractivity contribution in [3.8, 4) is 16.9 Å². The van der Waals surface area contributed by atoms with Crippen molar-refractivity contribution in [3.05, 3.63) is 81.7 Å². The molecule has 0 bridgehead atoms. The van der Waals surface area contributed by atoms with E-state index >= 15 is 0 Å². The zero-order valence-corrected chi connectivity index (χ0v) is 17.9. The third-order valence-corrected chi connectivity index (χ3v) is 4.88. The van der Waals surface area contributed by atoms with Gasteiger partial charge in [-0.1, -0.05) is 45.1 Å². The van der Waals surface area contributed by atoms with Crippen LogP contribution in [0, 0.1) is 11.9 Å². The number of H-pyrrole nitrogens is 1. The normalized spacial score (nSPS) is 16.2. The van der Waals surface area contributed by atoms with Crippen molar-refractivity contribution < 1.29 is 13.9 Å². The number of aromatic amines is 1. The first-order chi connectivity index (χ1) is 14.6. The standard InChI is InChI=1S/C24H25FN3O3/c1-24(2,3)19-11-15(18-12-16(25)13-27-23(18)30)10-14(21(19)31-4)8-9-17-6-5-7-20(28-17)22(26)29/h5-6,8-13,17,28H,1-4H3,(H2,26,29)(H,27,30)/b9-8+. The van der Waals surface area contributed by atoms with Gasteiger partial charge in [0.2, 0.25) is 0 Å². The number of benzene rings is 1. The molecule has 1 aromatic carbocycles. The van der Waals surface area contributed by atoms with E-state index in [1.807, 2.05) is 45.1 Å². The van der Waals surface area contributed by atoms with Crippen LogP contribution in [-0.4, -0.2) is 24.0 Å². The summed E-state index contributed by atoms with van der Waals surface area (Å²) in [5, 5.41) is 2.98. The number of amides is 1. The van der Waals surface area contributed by atoms with E-state index in [9.17, 15) is 14.0 Å². The van der Waals surface area contributed by atoms with Crippen LogP contribution in [0.15, 0.2) is 53.1 Å². The zero-order chi connectivity index (χ0) is 22.8. The Bertz CT molecular complexity index is 1150. The molecule has 2 aromatic rings. The Hall–Kier alpha value is -3.61. The number of methoxy groups -OCH3 is 1. The molecule has 161 valence electrons. The molecule has 0 saturated heterocycles. The van der Waals surface area contributed by atoms with Crippen molar-refractivity contribution in [2.24, 2.45) is 5.73 Å². The minimum absolute atomic E-state index is 0.194. The third kappa shape index (κ3) is 4.94. The molecule has 1 aromatic heterocycles. The Morgan fingerprint density at radius 2 is 2.03 bits per heavy atom. The number of pyridine rings is 1. The van der Waals surface area contributed by atoms with Gasteiger partial charge < -0.3 is 20.8 Å². The number of hydrogen-bond donors (Lipinski definition) is 3. The topological polar surface area (TPSA) is 97.2 Å². The fourth-order valence-corrected chi connectivity index (χ4v) is 3.34. The molecule has 0 fully saturated rings. The maximum Gasteiger partial charge on any atom is 0.265 e. The molecule has 4 N–H and O–H groups in total. The van der Waals surface area contributed by atoms with Crippen LogP contribution >= 0.6 is 0 Å². The molecule has 31 heavy (non-hydrogen) atoms. The molecule has 0 aliphatic carbocycles. The van der Waals surface area contributed by atoms with Gasteiger partial charge in [-0.15, -0.1) is 0 Å². The maximum atomic E-state index is 13.8. The number of carbonyl (C=O) groups excluding carboxylic acids is 1. The summed E-state index contributed by atoms with van der Waals surface area (Å²) in [5.74, 6) is -0.474. The number of carbonyl (C=O) groups is 1. The lowest BCUT2D eigenvalue weighted by Crippen LogP contribution is -2.34. The summed E-state index contributed by atoms with van der Waals surface area (Å²) in [4.78, 5) is 26.2. The monoisotopic (exact) mass is 422 g/mol. The van der Waals surface area contributed by atoms with E-state index in [1.165, 1.54) is 6.07 Å². The van der Waals surface area contributed by atoms with Gasteiger partial charge in [0, 0.05) is 29.0 Å². The van der Waals surface area contributed by atoms with Crippen LogP contribution < -0.4 is 21.3 Å². The summed E-state index contributed by atoms with van der Waals surface area (Å²) in [7, 11) is 1.58. The first-order valence-corrected chi connectivity index (χ1v) is 9.76. The molecule has 1 aliphatic rings. The Balaban J connectivity index is 2.11. The molecule has 1 amide bonds. The van der Waals surface area contributed by atoms with Gasteiger partial charge in [-0.2, -0.15) is 0 Å². The Labute approximate surface area is 180 Å². The number of nitrogens with two attached hydrogens (primary N) is 1. The lowest BCUT2D eigenvalue weighted by molar-refractivity contribution is -0.115. The van der Waals surface area contributed by atoms with Crippen molar-refractivity contribution >= 4 is 12.0 Å². The largest absolute Gasteiger partial charge is 0.496 e. The van der Waals surface area contributed by atoms with E-state index in [0.717, 1.165) is 11.8 Å². The van der Waals surface area contributed by atoms with Gasteiger partial charge in [-0.25, -0.2) is 4.39 Å². The van der Waals surface area contributed by atoms with Gasteiger partial charge in [0.15, 0.2) is 0 Å². The van der Waals surface area contributed by atoms with Crippen LogP contribution in [0.4, 0.5) is 4.39 Å². The average molecular weight is 422 g/mol. The molecule has 1 atom stereocenters. The second-order valence-electron chi connectivity index (χ2n) is 8.23. The van der Waals surface area contributed by atoms with Gasteiger partial charge in [0.25, 0.3) is 11.5 Å². The highest BCUT2D eigenvalue weighted by Gasteiger charge is 2.23. The Kier molecular flexibility index (Phi) is 6.15. The quantitative estimate of drug-likeness (QED) is 0.689. The highest BCUT2D eigenvalue weighted by Crippen LogP contribution is 2.38. The van der Waals surface area contributed by atoms with E-state index in [2.05, 4.69) is 16.4 Å². The summed E-state index contributed by atoms with van der Waals surface area (Å²) in [6.45, 7) is 6.09. The number of ether oxygens (including phenoxy) is 1. The van der Waals surface area contributed by atoms with Crippen LogP contribution in [0.1, 0.15) is 31.9 Å². The molecule has 6 nitrogen and oxygen atoms in total. The first kappa shape index (κ1) is 22.1. The van der Waals surface area contributed by atoms with Crippen molar-refractivity contribution in [3.63, 3.8) is 0 Å². The predicted molar refractivity (Wildman–Crippen MR) is 119 cm³/mol. The number of aromatic nitrogens is 1. The van der Waals surface area contributed by atoms with Crippen LogP contribution in [0.3, 0.4) is 0 Å². The summed E-state index contributed by atoms with van der Waals surface area (Å²) in [6.07, 6.45) is 10.9. The molecule has 7 heteroatoms. The Morgan fingerprint density at radius 3 is 2.68 bits per heavy atom. The van der Waals surface area contributed by atoms with Gasteiger partial charge in [-0.05, 0) is 29.2 Å². The lowest BCUT2D eigenvalue weighted by atomic mass is 9.83. The highest BCUT2D eigenvalue weighted by atomic mass is 19.1. The number of allylic oxidation sites excluding steroid dienone is 2. The maximum absolute atomic E-state index is 13.8. The molecule has 3 rings (SSSR count). The number of nitrogens with one attached hydrogen (secondary N) is 2. The van der Waals surface area contributed by atoms with Crippen LogP contribution in [-0.2, 0) is 10.2 Å². The second kappa shape index (κ2) is 8.63. The third-order valence-electron chi connectivity index (χ3n) is 4.88. The van der Waals surface area contributed by atoms with Crippen molar-refractivity contribution in [2.75, 3.05) is 7.11 Å². The van der Waals surface area contributed by atoms with Gasteiger partial charge in [-0.3, -0.25) is 9.59 Å². The summed E-state index contributed by atoms with van der Waals surface area (Å²) in [5.41, 5.74) is 7.21. The fraction of sp³-hybridized carbons (Fsp3) is 0.250. The highest BCUT2D eigenvalue weighted by molar-refractivity contribution is 5.91. The molecule has 0 spiro atoms. The minimum atomic E-state index is -0.595. The number of hydrogen-bond acceptors (Lipinski definition) is 4. The van der Waals surface area contributed by atoms with Crippen molar-refractivity contribution in [1.82, 2.24) is 10.3 Å². The zero-order valence-electron chi connectivity index (χ0n) is 17.9. The van der Waals surface area contributed by atoms with Gasteiger partial charge in [0.05, 0.1) is 13.2 Å². The molecule has 2 heterocycles. The predicted octanol–water partition coefficient (Wildman–Crippen LogP) is 3.20. The van der Waals surface area contributed by atoms with Crippen LogP contribution in [0.5, 0.6) is 5.75 Å². The first-order valence-electron chi connectivity index (χ1n) is 9.76. The van der Waals surface area contributed by atoms with Crippen molar-refractivity contribution in [2.45, 2.75) is 32.2 Å². The van der Waals surface area contributed by atoms with Crippen LogP contribution in [0.25, 0.3) is 17.2 Å². The minimum Gasteiger partial charge on any atom is -0.496 e. The van der Waals surface area contributed by atoms with E-state index in [-0.39, 0.29) is 28.3 Å². The van der Waals surface area contributed by atoms with E-state index < -0.39 is 11.7 Å². The molecular formula is C24H25FN3O3. The molecular weight excluding hydrogens is 397 g/mol. The molecule has 1 radical (unpaired) electrons. The second-order valence-corrected chi connectivity index (χ2v) is 8.23. The van der Waals surface area contributed by atoms with E-state index in [4.69, 9.17) is 10.5 Å². The lowest BCUT2D eigenvalue weighted by Gasteiger charge is -2.25. The van der Waals surface area contributed by atoms with Crippen molar-refractivity contribution in [1.29, 1.82) is 0 Å². The van der Waals surface area contributed by atoms with Gasteiger partial charge >= 0.3 is 0 Å². The fourth-order valence-electron chi connectivity index (χ4n) is 3.34. The number of primary amides is 1. The summed E-state index contributed by atoms with van der Waals surface area (Å²) in [6, 6.07) is 4.55. The number of halogens is 1.